The molecule has 0 amide bonds. The van der Waals surface area contributed by atoms with Crippen LogP contribution in [0.3, 0.4) is 0 Å². The molecule has 0 aromatic heterocycles. The van der Waals surface area contributed by atoms with E-state index in [0.29, 0.717) is 6.42 Å². The number of hydrogen-bond acceptors (Lipinski definition) is 2. The van der Waals surface area contributed by atoms with Gasteiger partial charge in [-0.05, 0) is 18.8 Å². The normalized spacial score (nSPS) is 11.8. The standard InChI is InChI=1S/C8H16O2.Sr/c1-3-5-6-7(4-2)8(9)10;/h7H,3-6H2,1-2H3,(H,9,10);/q;+2/p-1. The minimum Gasteiger partial charge on any atom is -0.550 e. The first-order valence-electron chi connectivity index (χ1n) is 3.93. The van der Waals surface area contributed by atoms with Crippen LogP contribution < -0.4 is 5.11 Å². The van der Waals surface area contributed by atoms with Crippen molar-refractivity contribution >= 4 is 51.5 Å². The van der Waals surface area contributed by atoms with Crippen molar-refractivity contribution in [2.45, 2.75) is 39.5 Å². The van der Waals surface area contributed by atoms with Gasteiger partial charge in [0.15, 0.2) is 0 Å². The fourth-order valence-electron chi connectivity index (χ4n) is 0.939. The number of carbonyl (C=O) groups is 1. The van der Waals surface area contributed by atoms with Gasteiger partial charge in [0, 0.05) is 5.97 Å². The van der Waals surface area contributed by atoms with Crippen molar-refractivity contribution in [1.29, 1.82) is 0 Å². The first-order chi connectivity index (χ1) is 4.72. The van der Waals surface area contributed by atoms with Gasteiger partial charge in [-0.15, -0.1) is 0 Å². The third-order valence-corrected chi connectivity index (χ3v) is 1.73. The molecule has 1 atom stereocenters. The van der Waals surface area contributed by atoms with Gasteiger partial charge < -0.3 is 9.90 Å². The van der Waals surface area contributed by atoms with Crippen LogP contribution in [0.4, 0.5) is 0 Å². The largest absolute Gasteiger partial charge is 2.00 e. The summed E-state index contributed by atoms with van der Waals surface area (Å²) in [6, 6.07) is 0. The topological polar surface area (TPSA) is 40.1 Å². The molecule has 0 N–H and O–H groups in total. The number of hydrogen-bond donors (Lipinski definition) is 0. The van der Waals surface area contributed by atoms with Crippen LogP contribution in [0.15, 0.2) is 0 Å². The van der Waals surface area contributed by atoms with Crippen LogP contribution in [-0.2, 0) is 4.79 Å². The predicted molar refractivity (Wildman–Crippen MR) is 44.1 cm³/mol. The van der Waals surface area contributed by atoms with Crippen molar-refractivity contribution in [2.24, 2.45) is 5.92 Å². The monoisotopic (exact) mass is 231 g/mol. The molecule has 60 valence electrons. The fourth-order valence-corrected chi connectivity index (χ4v) is 0.939. The molecule has 0 aliphatic heterocycles. The molecule has 0 aliphatic carbocycles. The number of carboxylic acids is 1. The van der Waals surface area contributed by atoms with Crippen molar-refractivity contribution in [3.63, 3.8) is 0 Å². The van der Waals surface area contributed by atoms with Crippen LogP contribution in [0.5, 0.6) is 0 Å². The minimum atomic E-state index is -0.893. The minimum absolute atomic E-state index is 0. The maximum Gasteiger partial charge on any atom is 2.00 e. The molecule has 0 heterocycles. The molecule has 0 rings (SSSR count). The zero-order valence-corrected chi connectivity index (χ0v) is 10.9. The SMILES string of the molecule is CCCCC(CC)C(=O)[O-].[Sr+2]. The average Bonchev–Trinajstić information content (AvgIpc) is 1.89. The molecule has 0 aliphatic rings. The second kappa shape index (κ2) is 9.04. The fraction of sp³-hybridized carbons (Fsp3) is 0.875. The molecule has 0 saturated heterocycles. The van der Waals surface area contributed by atoms with E-state index in [1.165, 1.54) is 0 Å². The van der Waals surface area contributed by atoms with Gasteiger partial charge in [0.2, 0.25) is 0 Å². The Balaban J connectivity index is 0. The van der Waals surface area contributed by atoms with E-state index < -0.39 is 5.97 Å². The van der Waals surface area contributed by atoms with Crippen LogP contribution in [0.25, 0.3) is 0 Å². The van der Waals surface area contributed by atoms with Gasteiger partial charge >= 0.3 is 45.5 Å². The summed E-state index contributed by atoms with van der Waals surface area (Å²) in [5.41, 5.74) is 0. The van der Waals surface area contributed by atoms with Crippen LogP contribution in [0.1, 0.15) is 39.5 Å². The van der Waals surface area contributed by atoms with E-state index in [1.54, 1.807) is 0 Å². The van der Waals surface area contributed by atoms with E-state index in [-0.39, 0.29) is 51.4 Å². The van der Waals surface area contributed by atoms with Gasteiger partial charge in [-0.2, -0.15) is 0 Å². The second-order valence-electron chi connectivity index (χ2n) is 2.57. The maximum atomic E-state index is 10.3. The molecule has 0 aromatic rings. The van der Waals surface area contributed by atoms with Crippen LogP contribution in [0, 0.1) is 5.92 Å². The molecule has 3 heteroatoms. The van der Waals surface area contributed by atoms with E-state index in [0.717, 1.165) is 19.3 Å². The summed E-state index contributed by atoms with van der Waals surface area (Å²) in [6.45, 7) is 3.94. The Bertz CT molecular complexity index is 104. The molecule has 1 unspecified atom stereocenters. The maximum absolute atomic E-state index is 10.3. The number of aliphatic carboxylic acids is 1. The van der Waals surface area contributed by atoms with Crippen LogP contribution in [-0.4, -0.2) is 51.5 Å². The summed E-state index contributed by atoms with van der Waals surface area (Å²) in [5, 5.41) is 10.3. The van der Waals surface area contributed by atoms with E-state index in [4.69, 9.17) is 0 Å². The zero-order chi connectivity index (χ0) is 7.98. The van der Waals surface area contributed by atoms with Crippen molar-refractivity contribution in [3.8, 4) is 0 Å². The quantitative estimate of drug-likeness (QED) is 0.648. The molecule has 0 aromatic carbocycles. The van der Waals surface area contributed by atoms with Gasteiger partial charge in [0.1, 0.15) is 0 Å². The van der Waals surface area contributed by atoms with E-state index in [2.05, 4.69) is 6.92 Å². The molecular formula is C8H15O2Sr+. The smallest absolute Gasteiger partial charge is 0.550 e. The first-order valence-corrected chi connectivity index (χ1v) is 3.93. The predicted octanol–water partition coefficient (Wildman–Crippen LogP) is 0.572. The Hall–Kier alpha value is 0.951. The number of carbonyl (C=O) groups excluding carboxylic acids is 1. The Kier molecular flexibility index (Phi) is 11.9. The molecule has 0 saturated carbocycles. The third-order valence-electron chi connectivity index (χ3n) is 1.73. The second-order valence-corrected chi connectivity index (χ2v) is 2.57. The van der Waals surface area contributed by atoms with Crippen molar-refractivity contribution in [3.05, 3.63) is 0 Å². The molecule has 0 fully saturated rings. The Labute approximate surface area is 106 Å². The number of rotatable bonds is 5. The Morgan fingerprint density at radius 2 is 2.00 bits per heavy atom. The summed E-state index contributed by atoms with van der Waals surface area (Å²) in [7, 11) is 0. The summed E-state index contributed by atoms with van der Waals surface area (Å²) in [5.74, 6) is -1.11. The van der Waals surface area contributed by atoms with Gasteiger partial charge in [0.05, 0.1) is 0 Å². The number of unbranched alkanes of at least 4 members (excludes halogenated alkanes) is 1. The average molecular weight is 231 g/mol. The molecule has 2 nitrogen and oxygen atoms in total. The van der Waals surface area contributed by atoms with Crippen molar-refractivity contribution < 1.29 is 9.90 Å². The van der Waals surface area contributed by atoms with Gasteiger partial charge in [-0.3, -0.25) is 0 Å². The Morgan fingerprint density at radius 1 is 1.45 bits per heavy atom. The summed E-state index contributed by atoms with van der Waals surface area (Å²) >= 11 is 0. The molecular weight excluding hydrogens is 216 g/mol. The first kappa shape index (κ1) is 14.5. The van der Waals surface area contributed by atoms with Crippen molar-refractivity contribution in [2.75, 3.05) is 0 Å². The summed E-state index contributed by atoms with van der Waals surface area (Å²) in [4.78, 5) is 10.3. The molecule has 0 spiro atoms. The molecule has 0 radical (unpaired) electrons. The summed E-state index contributed by atoms with van der Waals surface area (Å²) < 4.78 is 0. The van der Waals surface area contributed by atoms with Gasteiger partial charge in [-0.25, -0.2) is 0 Å². The van der Waals surface area contributed by atoms with E-state index in [1.807, 2.05) is 6.92 Å². The Morgan fingerprint density at radius 3 is 2.27 bits per heavy atom. The molecule has 0 bridgehead atoms. The van der Waals surface area contributed by atoms with E-state index in [9.17, 15) is 9.90 Å². The number of carboxylic acid groups (broad SMARTS) is 1. The van der Waals surface area contributed by atoms with Crippen LogP contribution >= 0.6 is 0 Å². The summed E-state index contributed by atoms with van der Waals surface area (Å²) in [6.07, 6.45) is 3.52. The van der Waals surface area contributed by atoms with Gasteiger partial charge in [0.25, 0.3) is 0 Å². The van der Waals surface area contributed by atoms with Crippen LogP contribution in [0.2, 0.25) is 0 Å². The van der Waals surface area contributed by atoms with E-state index >= 15 is 0 Å². The third kappa shape index (κ3) is 7.32. The molecule has 11 heavy (non-hydrogen) atoms. The van der Waals surface area contributed by atoms with Gasteiger partial charge in [-0.1, -0.05) is 26.7 Å². The van der Waals surface area contributed by atoms with Crippen molar-refractivity contribution in [1.82, 2.24) is 0 Å². The zero-order valence-electron chi connectivity index (χ0n) is 7.43.